The molecule has 3 aliphatic heterocycles. The van der Waals surface area contributed by atoms with Crippen LogP contribution in [0.25, 0.3) is 10.8 Å². The maximum Gasteiger partial charge on any atom is 0.174 e. The van der Waals surface area contributed by atoms with Crippen molar-refractivity contribution >= 4 is 10.8 Å². The molecule has 7 aliphatic rings. The van der Waals surface area contributed by atoms with E-state index in [0.717, 1.165) is 38.5 Å². The molecule has 186 valence electrons. The Labute approximate surface area is 213 Å². The minimum atomic E-state index is -0.124. The largest absolute Gasteiger partial charge is 0.359 e. The van der Waals surface area contributed by atoms with Crippen molar-refractivity contribution in [3.05, 3.63) is 65.5 Å². The SMILES string of the molecule is CC12CC=C3C=C4CCC([N+]5(O)C6CCC65)CC45CCC3(O5)C1CCC2c1ccc2ccncc2c1. The average molecular weight is 482 g/mol. The van der Waals surface area contributed by atoms with E-state index < -0.39 is 0 Å². The van der Waals surface area contributed by atoms with Crippen molar-refractivity contribution < 1.29 is 14.6 Å². The summed E-state index contributed by atoms with van der Waals surface area (Å²) in [5.74, 6) is 1.12. The van der Waals surface area contributed by atoms with Crippen LogP contribution in [0.1, 0.15) is 82.6 Å². The van der Waals surface area contributed by atoms with Crippen molar-refractivity contribution in [1.82, 2.24) is 4.98 Å². The van der Waals surface area contributed by atoms with Crippen LogP contribution in [-0.4, -0.2) is 44.2 Å². The summed E-state index contributed by atoms with van der Waals surface area (Å²) in [5, 5.41) is 14.0. The Morgan fingerprint density at radius 3 is 2.78 bits per heavy atom. The molecule has 1 aromatic carbocycles. The van der Waals surface area contributed by atoms with Crippen LogP contribution in [0.5, 0.6) is 0 Å². The molecule has 5 fully saturated rings. The number of ether oxygens (including phenoxy) is 1. The zero-order valence-corrected chi connectivity index (χ0v) is 21.3. The number of likely N-dealkylation sites (tertiary alicyclic amines) is 1. The van der Waals surface area contributed by atoms with Crippen molar-refractivity contribution in [1.29, 1.82) is 0 Å². The Hall–Kier alpha value is -2.01. The first-order valence-electron chi connectivity index (χ1n) is 14.5. The highest BCUT2D eigenvalue weighted by Gasteiger charge is 2.78. The molecule has 4 aliphatic carbocycles. The van der Waals surface area contributed by atoms with Crippen LogP contribution < -0.4 is 0 Å². The van der Waals surface area contributed by atoms with E-state index in [4.69, 9.17) is 4.74 Å². The van der Waals surface area contributed by atoms with Gasteiger partial charge < -0.3 is 4.74 Å². The number of hydrogen-bond donors (Lipinski definition) is 1. The molecule has 8 unspecified atom stereocenters. The normalized spacial score (nSPS) is 49.8. The third-order valence-electron chi connectivity index (χ3n) is 12.5. The number of allylic oxidation sites excluding steroid dienone is 1. The average Bonchev–Trinajstić information content (AvgIpc) is 3.13. The number of pyridine rings is 1. The maximum atomic E-state index is 11.5. The van der Waals surface area contributed by atoms with Crippen LogP contribution in [0.3, 0.4) is 0 Å². The van der Waals surface area contributed by atoms with E-state index in [2.05, 4.69) is 48.3 Å². The molecule has 1 N–H and O–H groups in total. The predicted molar refractivity (Wildman–Crippen MR) is 138 cm³/mol. The smallest absolute Gasteiger partial charge is 0.174 e. The van der Waals surface area contributed by atoms with Crippen molar-refractivity contribution in [2.75, 3.05) is 0 Å². The molecule has 1 aromatic heterocycles. The second-order valence-electron chi connectivity index (χ2n) is 13.6. The predicted octanol–water partition coefficient (Wildman–Crippen LogP) is 6.60. The van der Waals surface area contributed by atoms with Gasteiger partial charge >= 0.3 is 0 Å². The summed E-state index contributed by atoms with van der Waals surface area (Å²) in [7, 11) is 0. The van der Waals surface area contributed by atoms with E-state index in [-0.39, 0.29) is 16.6 Å². The summed E-state index contributed by atoms with van der Waals surface area (Å²) in [6.07, 6.45) is 20.7. The monoisotopic (exact) mass is 481 g/mol. The second kappa shape index (κ2) is 6.51. The molecule has 8 atom stereocenters. The van der Waals surface area contributed by atoms with Gasteiger partial charge in [0.2, 0.25) is 0 Å². The molecule has 4 nitrogen and oxygen atoms in total. The van der Waals surface area contributed by atoms with Crippen LogP contribution in [-0.2, 0) is 4.74 Å². The number of quaternary nitrogens is 1. The number of hydrogen-bond acceptors (Lipinski definition) is 3. The fraction of sp³-hybridized carbons (Fsp3) is 0.594. The van der Waals surface area contributed by atoms with E-state index in [1.165, 1.54) is 47.6 Å². The number of aromatic nitrogens is 1. The molecule has 0 amide bonds. The standard InChI is InChI=1S/C32H37N2O2/c1-30-12-10-24-17-23-4-5-25(34(35)27-7-8-28(27)34)18-31(23)13-14-32(24,36-31)29(30)9-6-26(30)21-3-2-20-11-15-33-19-22(20)16-21/h2-3,10-11,15-17,19,25-29,35H,4-9,12-14,18H2,1H3/q+1. The van der Waals surface area contributed by atoms with Gasteiger partial charge in [-0.05, 0) is 90.0 Å². The maximum absolute atomic E-state index is 11.5. The Bertz CT molecular complexity index is 1370. The van der Waals surface area contributed by atoms with Gasteiger partial charge in [0.25, 0.3) is 0 Å². The lowest BCUT2D eigenvalue weighted by Gasteiger charge is -2.54. The highest BCUT2D eigenvalue weighted by Crippen LogP contribution is 2.70. The topological polar surface area (TPSA) is 42.4 Å². The highest BCUT2D eigenvalue weighted by molar-refractivity contribution is 5.82. The number of rotatable bonds is 2. The van der Waals surface area contributed by atoms with Crippen LogP contribution in [0.15, 0.2) is 60.0 Å². The number of benzene rings is 1. The highest BCUT2D eigenvalue weighted by atomic mass is 16.6. The van der Waals surface area contributed by atoms with Crippen molar-refractivity contribution in [2.24, 2.45) is 11.3 Å². The van der Waals surface area contributed by atoms with Crippen molar-refractivity contribution in [3.63, 3.8) is 0 Å². The van der Waals surface area contributed by atoms with E-state index in [0.29, 0.717) is 34.6 Å². The van der Waals surface area contributed by atoms with Gasteiger partial charge in [0, 0.05) is 43.5 Å². The first-order valence-corrected chi connectivity index (χ1v) is 14.5. The molecule has 2 spiro atoms. The van der Waals surface area contributed by atoms with E-state index in [1.807, 2.05) is 12.4 Å². The molecular formula is C32H37N2O2+. The van der Waals surface area contributed by atoms with Crippen LogP contribution in [0.2, 0.25) is 0 Å². The molecule has 0 radical (unpaired) electrons. The van der Waals surface area contributed by atoms with Crippen molar-refractivity contribution in [3.8, 4) is 0 Å². The Morgan fingerprint density at radius 1 is 1.03 bits per heavy atom. The van der Waals surface area contributed by atoms with Gasteiger partial charge in [-0.15, -0.1) is 0 Å². The molecule has 2 bridgehead atoms. The third kappa shape index (κ3) is 2.32. The van der Waals surface area contributed by atoms with Gasteiger partial charge in [-0.25, -0.2) is 5.21 Å². The van der Waals surface area contributed by atoms with Gasteiger partial charge in [-0.1, -0.05) is 31.2 Å². The zero-order chi connectivity index (χ0) is 23.9. The summed E-state index contributed by atoms with van der Waals surface area (Å²) in [6.45, 7) is 2.56. The Balaban J connectivity index is 1.08. The lowest BCUT2D eigenvalue weighted by molar-refractivity contribution is -1.04. The number of fused-ring (bicyclic) bond motifs is 3. The lowest BCUT2D eigenvalue weighted by atomic mass is 9.58. The molecule has 36 heavy (non-hydrogen) atoms. The molecule has 4 heterocycles. The van der Waals surface area contributed by atoms with Gasteiger partial charge in [-0.2, -0.15) is 4.65 Å². The summed E-state index contributed by atoms with van der Waals surface area (Å²) < 4.78 is 7.87. The number of hydroxylamine groups is 3. The van der Waals surface area contributed by atoms with Crippen LogP contribution >= 0.6 is 0 Å². The Kier molecular flexibility index (Phi) is 3.80. The van der Waals surface area contributed by atoms with Gasteiger partial charge in [0.1, 0.15) is 6.04 Å². The van der Waals surface area contributed by atoms with Crippen molar-refractivity contribution in [2.45, 2.75) is 106 Å². The summed E-state index contributed by atoms with van der Waals surface area (Å²) >= 11 is 0. The summed E-state index contributed by atoms with van der Waals surface area (Å²) in [6, 6.07) is 10.6. The molecule has 2 aromatic rings. The van der Waals surface area contributed by atoms with E-state index >= 15 is 0 Å². The number of nitrogens with zero attached hydrogens (tertiary/aromatic N) is 2. The van der Waals surface area contributed by atoms with Crippen LogP contribution in [0.4, 0.5) is 0 Å². The molecular weight excluding hydrogens is 444 g/mol. The van der Waals surface area contributed by atoms with E-state index in [9.17, 15) is 5.21 Å². The van der Waals surface area contributed by atoms with E-state index in [1.54, 1.807) is 5.57 Å². The molecule has 2 saturated heterocycles. The zero-order valence-electron chi connectivity index (χ0n) is 21.3. The first kappa shape index (κ1) is 21.0. The summed E-state index contributed by atoms with van der Waals surface area (Å²) in [4.78, 5) is 4.39. The molecule has 9 rings (SSSR count). The van der Waals surface area contributed by atoms with Gasteiger partial charge in [-0.3, -0.25) is 4.98 Å². The first-order chi connectivity index (χ1) is 17.5. The second-order valence-corrected chi connectivity index (χ2v) is 13.6. The van der Waals surface area contributed by atoms with Gasteiger partial charge in [0.15, 0.2) is 12.1 Å². The van der Waals surface area contributed by atoms with Crippen LogP contribution in [0, 0.1) is 11.3 Å². The Morgan fingerprint density at radius 2 is 1.92 bits per heavy atom. The lowest BCUT2D eigenvalue weighted by Crippen LogP contribution is -2.55. The quantitative estimate of drug-likeness (QED) is 0.388. The molecule has 3 saturated carbocycles. The molecule has 4 heteroatoms. The fourth-order valence-electron chi connectivity index (χ4n) is 10.5. The van der Waals surface area contributed by atoms with Gasteiger partial charge in [0.05, 0.1) is 11.2 Å². The minimum Gasteiger partial charge on any atom is -0.359 e. The third-order valence-corrected chi connectivity index (χ3v) is 12.5. The summed E-state index contributed by atoms with van der Waals surface area (Å²) in [5.41, 5.74) is 4.49. The fourth-order valence-corrected chi connectivity index (χ4v) is 10.5. The minimum absolute atomic E-state index is 0.121.